The molecule has 1 aromatic heterocycles. The molecule has 1 unspecified atom stereocenters. The predicted octanol–water partition coefficient (Wildman–Crippen LogP) is 3.85. The van der Waals surface area contributed by atoms with Crippen LogP contribution in [0.25, 0.3) is 11.3 Å². The maximum absolute atomic E-state index is 14.6. The minimum Gasteiger partial charge on any atom is -0.378 e. The fourth-order valence-corrected chi connectivity index (χ4v) is 3.73. The minimum absolute atomic E-state index is 0.0870. The highest BCUT2D eigenvalue weighted by Crippen LogP contribution is 2.37. The largest absolute Gasteiger partial charge is 0.378 e. The number of amides is 1. The number of morpholine rings is 1. The zero-order valence-electron chi connectivity index (χ0n) is 17.1. The molecule has 2 heterocycles. The second-order valence-electron chi connectivity index (χ2n) is 7.89. The van der Waals surface area contributed by atoms with Crippen LogP contribution in [0.2, 0.25) is 0 Å². The highest BCUT2D eigenvalue weighted by molar-refractivity contribution is 5.82. The fraction of sp³-hybridized carbons (Fsp3) is 0.545. The number of anilines is 1. The number of carbonyl (C=O) groups is 1. The van der Waals surface area contributed by atoms with E-state index >= 15 is 0 Å². The van der Waals surface area contributed by atoms with Crippen LogP contribution in [0.15, 0.2) is 28.8 Å². The molecular weight excluding hydrogens is 373 g/mol. The number of benzene rings is 1. The van der Waals surface area contributed by atoms with Crippen molar-refractivity contribution in [2.45, 2.75) is 45.7 Å². The van der Waals surface area contributed by atoms with Crippen molar-refractivity contribution >= 4 is 11.8 Å². The molecule has 156 valence electrons. The number of halogens is 1. The van der Waals surface area contributed by atoms with E-state index in [1.54, 1.807) is 18.2 Å². The molecule has 1 aliphatic heterocycles. The van der Waals surface area contributed by atoms with Gasteiger partial charge in [0.05, 0.1) is 25.3 Å². The van der Waals surface area contributed by atoms with E-state index in [-0.39, 0.29) is 23.7 Å². The van der Waals surface area contributed by atoms with Crippen LogP contribution in [0.1, 0.15) is 38.7 Å². The van der Waals surface area contributed by atoms with Gasteiger partial charge in [0, 0.05) is 30.6 Å². The summed E-state index contributed by atoms with van der Waals surface area (Å²) in [6.45, 7) is 7.06. The second-order valence-corrected chi connectivity index (χ2v) is 7.89. The van der Waals surface area contributed by atoms with Crippen LogP contribution in [0.5, 0.6) is 0 Å². The molecule has 29 heavy (non-hydrogen) atoms. The van der Waals surface area contributed by atoms with Crippen molar-refractivity contribution in [3.8, 4) is 11.3 Å². The van der Waals surface area contributed by atoms with Gasteiger partial charge in [-0.3, -0.25) is 4.79 Å². The summed E-state index contributed by atoms with van der Waals surface area (Å²) >= 11 is 0. The normalized spacial score (nSPS) is 18.0. The Morgan fingerprint density at radius 2 is 2.03 bits per heavy atom. The Morgan fingerprint density at radius 3 is 2.69 bits per heavy atom. The molecule has 1 atom stereocenters. The van der Waals surface area contributed by atoms with E-state index in [4.69, 9.17) is 9.26 Å². The maximum atomic E-state index is 14.6. The lowest BCUT2D eigenvalue weighted by Crippen LogP contribution is -2.40. The van der Waals surface area contributed by atoms with E-state index in [0.29, 0.717) is 50.0 Å². The third kappa shape index (κ3) is 4.15. The minimum atomic E-state index is -0.348. The monoisotopic (exact) mass is 401 g/mol. The van der Waals surface area contributed by atoms with Gasteiger partial charge in [-0.25, -0.2) is 4.39 Å². The van der Waals surface area contributed by atoms with Crippen molar-refractivity contribution in [1.29, 1.82) is 0 Å². The van der Waals surface area contributed by atoms with Gasteiger partial charge in [-0.1, -0.05) is 24.2 Å². The maximum Gasteiger partial charge on any atom is 0.233 e. The van der Waals surface area contributed by atoms with Gasteiger partial charge in [-0.2, -0.15) is 0 Å². The zero-order chi connectivity index (χ0) is 20.4. The number of carbonyl (C=O) groups excluding carboxylic acids is 1. The first-order chi connectivity index (χ1) is 14.1. The second kappa shape index (κ2) is 8.53. The Labute approximate surface area is 170 Å². The average Bonchev–Trinajstić information content (AvgIpc) is 3.52. The van der Waals surface area contributed by atoms with Crippen LogP contribution in [0.3, 0.4) is 0 Å². The molecule has 0 spiro atoms. The van der Waals surface area contributed by atoms with Gasteiger partial charge in [0.1, 0.15) is 11.5 Å². The molecule has 2 fully saturated rings. The van der Waals surface area contributed by atoms with Gasteiger partial charge < -0.3 is 19.1 Å². The van der Waals surface area contributed by atoms with Crippen LogP contribution in [0, 0.1) is 11.7 Å². The predicted molar refractivity (Wildman–Crippen MR) is 108 cm³/mol. The third-order valence-electron chi connectivity index (χ3n) is 5.86. The molecule has 0 radical (unpaired) electrons. The highest BCUT2D eigenvalue weighted by Gasteiger charge is 2.37. The molecule has 2 aromatic rings. The number of hydrogen-bond donors (Lipinski definition) is 0. The number of ether oxygens (including phenoxy) is 1. The van der Waals surface area contributed by atoms with E-state index in [2.05, 4.69) is 23.9 Å². The summed E-state index contributed by atoms with van der Waals surface area (Å²) in [6, 6.07) is 6.65. The van der Waals surface area contributed by atoms with Crippen LogP contribution < -0.4 is 4.90 Å². The van der Waals surface area contributed by atoms with Gasteiger partial charge in [0.2, 0.25) is 11.8 Å². The average molecular weight is 401 g/mol. The topological polar surface area (TPSA) is 58.8 Å². The Morgan fingerprint density at radius 1 is 1.31 bits per heavy atom. The van der Waals surface area contributed by atoms with Crippen LogP contribution in [0.4, 0.5) is 10.3 Å². The quantitative estimate of drug-likeness (QED) is 0.705. The lowest BCUT2D eigenvalue weighted by Gasteiger charge is -2.31. The van der Waals surface area contributed by atoms with Crippen molar-refractivity contribution in [3.05, 3.63) is 35.6 Å². The Balaban J connectivity index is 1.74. The van der Waals surface area contributed by atoms with Gasteiger partial charge in [-0.05, 0) is 38.3 Å². The Hall–Kier alpha value is -2.41. The standard InChI is InChI=1S/C22H28FN3O3/c1-3-15(2)26(21(27)16-8-9-16)14-18-20(17-6-4-5-7-19(17)23)24-29-22(18)25-10-12-28-13-11-25/h4-7,15-16H,3,8-14H2,1-2H3. The van der Waals surface area contributed by atoms with Crippen LogP contribution >= 0.6 is 0 Å². The van der Waals surface area contributed by atoms with Crippen LogP contribution in [-0.4, -0.2) is 48.3 Å². The van der Waals surface area contributed by atoms with Crippen molar-refractivity contribution in [1.82, 2.24) is 10.1 Å². The molecule has 6 nitrogen and oxygen atoms in total. The van der Waals surface area contributed by atoms with Gasteiger partial charge in [-0.15, -0.1) is 0 Å². The van der Waals surface area contributed by atoms with E-state index in [1.165, 1.54) is 6.07 Å². The molecule has 7 heteroatoms. The Bertz CT molecular complexity index is 859. The molecule has 2 aliphatic rings. The molecule has 1 saturated carbocycles. The molecule has 1 amide bonds. The summed E-state index contributed by atoms with van der Waals surface area (Å²) in [4.78, 5) is 17.0. The first-order valence-corrected chi connectivity index (χ1v) is 10.5. The summed E-state index contributed by atoms with van der Waals surface area (Å²) in [6.07, 6.45) is 2.75. The first kappa shape index (κ1) is 19.9. The van der Waals surface area contributed by atoms with E-state index in [9.17, 15) is 9.18 Å². The third-order valence-corrected chi connectivity index (χ3v) is 5.86. The van der Waals surface area contributed by atoms with Gasteiger partial charge in [0.15, 0.2) is 0 Å². The Kier molecular flexibility index (Phi) is 5.85. The summed E-state index contributed by atoms with van der Waals surface area (Å²) < 4.78 is 25.8. The number of hydrogen-bond acceptors (Lipinski definition) is 5. The molecule has 1 aliphatic carbocycles. The van der Waals surface area contributed by atoms with Gasteiger partial charge >= 0.3 is 0 Å². The molecule has 0 N–H and O–H groups in total. The molecule has 1 saturated heterocycles. The van der Waals surface area contributed by atoms with Crippen LogP contribution in [-0.2, 0) is 16.1 Å². The molecule has 0 bridgehead atoms. The highest BCUT2D eigenvalue weighted by atomic mass is 19.1. The summed E-state index contributed by atoms with van der Waals surface area (Å²) in [5, 5.41) is 4.25. The fourth-order valence-electron chi connectivity index (χ4n) is 3.73. The number of rotatable bonds is 7. The van der Waals surface area contributed by atoms with E-state index in [0.717, 1.165) is 24.8 Å². The lowest BCUT2D eigenvalue weighted by molar-refractivity contribution is -0.135. The molecule has 4 rings (SSSR count). The van der Waals surface area contributed by atoms with Gasteiger partial charge in [0.25, 0.3) is 0 Å². The van der Waals surface area contributed by atoms with Crippen molar-refractivity contribution in [2.24, 2.45) is 5.92 Å². The first-order valence-electron chi connectivity index (χ1n) is 10.5. The van der Waals surface area contributed by atoms with Crippen molar-refractivity contribution in [2.75, 3.05) is 31.2 Å². The SMILES string of the molecule is CCC(C)N(Cc1c(-c2ccccc2F)noc1N1CCOCC1)C(=O)C1CC1. The smallest absolute Gasteiger partial charge is 0.233 e. The molecule has 1 aromatic carbocycles. The number of nitrogens with zero attached hydrogens (tertiary/aromatic N) is 3. The van der Waals surface area contributed by atoms with Crippen molar-refractivity contribution < 1.29 is 18.4 Å². The van der Waals surface area contributed by atoms with Crippen molar-refractivity contribution in [3.63, 3.8) is 0 Å². The van der Waals surface area contributed by atoms with E-state index < -0.39 is 0 Å². The summed E-state index contributed by atoms with van der Waals surface area (Å²) in [7, 11) is 0. The number of aromatic nitrogens is 1. The molecular formula is C22H28FN3O3. The lowest BCUT2D eigenvalue weighted by atomic mass is 10.0. The zero-order valence-corrected chi connectivity index (χ0v) is 17.1. The summed E-state index contributed by atoms with van der Waals surface area (Å²) in [5.41, 5.74) is 1.64. The van der Waals surface area contributed by atoms with E-state index in [1.807, 2.05) is 4.90 Å². The summed E-state index contributed by atoms with van der Waals surface area (Å²) in [5.74, 6) is 0.559.